The molecule has 9 heteroatoms. The number of piperazine rings is 1. The molecule has 0 spiro atoms. The highest BCUT2D eigenvalue weighted by Gasteiger charge is 2.24. The van der Waals surface area contributed by atoms with E-state index in [1.165, 1.54) is 4.90 Å². The van der Waals surface area contributed by atoms with Crippen LogP contribution in [0.2, 0.25) is 0 Å². The minimum absolute atomic E-state index is 0.191. The van der Waals surface area contributed by atoms with Gasteiger partial charge in [-0.05, 0) is 55.1 Å². The zero-order valence-electron chi connectivity index (χ0n) is 23.1. The van der Waals surface area contributed by atoms with Gasteiger partial charge in [0.05, 0.1) is 5.52 Å². The first-order valence-corrected chi connectivity index (χ1v) is 13.4. The van der Waals surface area contributed by atoms with Crippen molar-refractivity contribution in [3.05, 3.63) is 90.3 Å². The molecule has 2 amide bonds. The van der Waals surface area contributed by atoms with Gasteiger partial charge in [0.15, 0.2) is 0 Å². The van der Waals surface area contributed by atoms with Gasteiger partial charge in [0.1, 0.15) is 29.7 Å². The number of ether oxygens (including phenoxy) is 1. The van der Waals surface area contributed by atoms with Crippen LogP contribution < -0.4 is 15.0 Å². The summed E-state index contributed by atoms with van der Waals surface area (Å²) in [6, 6.07) is 21.7. The summed E-state index contributed by atoms with van der Waals surface area (Å²) in [5.41, 5.74) is 2.00. The highest BCUT2D eigenvalue weighted by molar-refractivity contribution is 6.01. The van der Waals surface area contributed by atoms with Crippen LogP contribution in [0.1, 0.15) is 15.9 Å². The molecule has 0 aliphatic carbocycles. The number of rotatable bonds is 8. The SMILES string of the molecule is CN1CCN(c2ncnc3cc(C(=O)NC(Cc4cccc(Oc5ccccc5)c4)C(=O)N(C)C)ccc23)CC1. The van der Waals surface area contributed by atoms with Crippen molar-refractivity contribution in [2.75, 3.05) is 52.2 Å². The minimum atomic E-state index is -0.753. The van der Waals surface area contributed by atoms with E-state index in [2.05, 4.69) is 32.1 Å². The number of para-hydroxylation sites is 1. The van der Waals surface area contributed by atoms with E-state index in [0.29, 0.717) is 23.3 Å². The third-order valence-corrected chi connectivity index (χ3v) is 7.04. The molecule has 206 valence electrons. The molecular weight excluding hydrogens is 504 g/mol. The van der Waals surface area contributed by atoms with Crippen LogP contribution in [0.3, 0.4) is 0 Å². The van der Waals surface area contributed by atoms with Crippen LogP contribution in [0.5, 0.6) is 11.5 Å². The second-order valence-electron chi connectivity index (χ2n) is 10.2. The number of hydrogen-bond donors (Lipinski definition) is 1. The van der Waals surface area contributed by atoms with Gasteiger partial charge in [-0.15, -0.1) is 0 Å². The third kappa shape index (κ3) is 6.38. The Kier molecular flexibility index (Phi) is 8.21. The molecule has 1 saturated heterocycles. The molecule has 40 heavy (non-hydrogen) atoms. The van der Waals surface area contributed by atoms with Gasteiger partial charge in [0.2, 0.25) is 5.91 Å². The Labute approximate surface area is 234 Å². The Bertz CT molecular complexity index is 1490. The molecule has 2 heterocycles. The molecule has 0 saturated carbocycles. The van der Waals surface area contributed by atoms with Crippen molar-refractivity contribution in [1.29, 1.82) is 0 Å². The fourth-order valence-corrected chi connectivity index (χ4v) is 4.80. The average molecular weight is 539 g/mol. The number of fused-ring (bicyclic) bond motifs is 1. The molecule has 1 aliphatic rings. The Morgan fingerprint density at radius 1 is 0.925 bits per heavy atom. The first-order chi connectivity index (χ1) is 19.4. The lowest BCUT2D eigenvalue weighted by Crippen LogP contribution is -2.47. The molecule has 0 radical (unpaired) electrons. The molecule has 1 N–H and O–H groups in total. The molecule has 1 aliphatic heterocycles. The van der Waals surface area contributed by atoms with Gasteiger partial charge in [-0.2, -0.15) is 0 Å². The Balaban J connectivity index is 1.34. The normalized spacial score (nSPS) is 14.5. The summed E-state index contributed by atoms with van der Waals surface area (Å²) < 4.78 is 5.96. The lowest BCUT2D eigenvalue weighted by molar-refractivity contribution is -0.130. The van der Waals surface area contributed by atoms with Gasteiger partial charge in [-0.25, -0.2) is 9.97 Å². The summed E-state index contributed by atoms with van der Waals surface area (Å²) in [6.07, 6.45) is 1.86. The van der Waals surface area contributed by atoms with Crippen LogP contribution in [0, 0.1) is 0 Å². The highest BCUT2D eigenvalue weighted by atomic mass is 16.5. The second kappa shape index (κ2) is 12.1. The van der Waals surface area contributed by atoms with Crippen molar-refractivity contribution < 1.29 is 14.3 Å². The molecule has 1 fully saturated rings. The number of amides is 2. The Morgan fingerprint density at radius 3 is 2.42 bits per heavy atom. The van der Waals surface area contributed by atoms with E-state index in [-0.39, 0.29) is 11.8 Å². The Morgan fingerprint density at radius 2 is 1.68 bits per heavy atom. The molecule has 1 unspecified atom stereocenters. The van der Waals surface area contributed by atoms with Gasteiger partial charge in [-0.3, -0.25) is 9.59 Å². The van der Waals surface area contributed by atoms with Crippen LogP contribution >= 0.6 is 0 Å². The Hall–Kier alpha value is -4.50. The predicted octanol–water partition coefficient (Wildman–Crippen LogP) is 3.60. The van der Waals surface area contributed by atoms with Gasteiger partial charge in [0.25, 0.3) is 5.91 Å². The van der Waals surface area contributed by atoms with Gasteiger partial charge >= 0.3 is 0 Å². The maximum Gasteiger partial charge on any atom is 0.252 e. The maximum atomic E-state index is 13.4. The van der Waals surface area contributed by atoms with Crippen LogP contribution in [0.4, 0.5) is 5.82 Å². The van der Waals surface area contributed by atoms with E-state index in [0.717, 1.165) is 48.7 Å². The standard InChI is InChI=1S/C31H34N6O3/c1-35(2)31(39)28(19-22-8-7-11-25(18-22)40-24-9-5-4-6-10-24)34-30(38)23-12-13-26-27(20-23)32-21-33-29(26)37-16-14-36(3)15-17-37/h4-13,18,20-21,28H,14-17,19H2,1-3H3,(H,34,38). The zero-order valence-corrected chi connectivity index (χ0v) is 23.1. The summed E-state index contributed by atoms with van der Waals surface area (Å²) in [7, 11) is 5.48. The number of nitrogens with one attached hydrogen (secondary N) is 1. The number of carbonyl (C=O) groups excluding carboxylic acids is 2. The van der Waals surface area contributed by atoms with Gasteiger partial charge in [0, 0.05) is 57.6 Å². The number of anilines is 1. The van der Waals surface area contributed by atoms with Crippen LogP contribution in [0.15, 0.2) is 79.1 Å². The van der Waals surface area contributed by atoms with E-state index < -0.39 is 6.04 Å². The van der Waals surface area contributed by atoms with Crippen molar-refractivity contribution in [3.8, 4) is 11.5 Å². The van der Waals surface area contributed by atoms with Gasteiger partial charge < -0.3 is 24.8 Å². The quantitative estimate of drug-likeness (QED) is 0.367. The smallest absolute Gasteiger partial charge is 0.252 e. The summed E-state index contributed by atoms with van der Waals surface area (Å²) in [5.74, 6) is 1.74. The number of likely N-dealkylation sites (N-methyl/N-ethyl adjacent to an activating group) is 2. The number of hydrogen-bond acceptors (Lipinski definition) is 7. The minimum Gasteiger partial charge on any atom is -0.457 e. The highest BCUT2D eigenvalue weighted by Crippen LogP contribution is 2.25. The molecule has 1 aromatic heterocycles. The molecule has 4 aromatic rings. The zero-order chi connectivity index (χ0) is 28.1. The van der Waals surface area contributed by atoms with E-state index in [1.807, 2.05) is 60.7 Å². The number of nitrogens with zero attached hydrogens (tertiary/aromatic N) is 5. The van der Waals surface area contributed by atoms with Crippen molar-refractivity contribution in [2.45, 2.75) is 12.5 Å². The number of aromatic nitrogens is 2. The largest absolute Gasteiger partial charge is 0.457 e. The molecule has 1 atom stereocenters. The molecule has 9 nitrogen and oxygen atoms in total. The fraction of sp³-hybridized carbons (Fsp3) is 0.290. The van der Waals surface area contributed by atoms with Crippen LogP contribution in [-0.4, -0.2) is 84.9 Å². The van der Waals surface area contributed by atoms with Crippen LogP contribution in [0.25, 0.3) is 10.9 Å². The fourth-order valence-electron chi connectivity index (χ4n) is 4.80. The molecule has 0 bridgehead atoms. The molecular formula is C31H34N6O3. The van der Waals surface area contributed by atoms with Gasteiger partial charge in [-0.1, -0.05) is 30.3 Å². The first kappa shape index (κ1) is 27.1. The second-order valence-corrected chi connectivity index (χ2v) is 10.2. The maximum absolute atomic E-state index is 13.4. The van der Waals surface area contributed by atoms with Crippen molar-refractivity contribution >= 4 is 28.5 Å². The summed E-state index contributed by atoms with van der Waals surface area (Å²) in [6.45, 7) is 3.71. The van der Waals surface area contributed by atoms with E-state index in [4.69, 9.17) is 4.74 Å². The molecule has 3 aromatic carbocycles. The average Bonchev–Trinajstić information content (AvgIpc) is 2.97. The monoisotopic (exact) mass is 538 g/mol. The first-order valence-electron chi connectivity index (χ1n) is 13.4. The van der Waals surface area contributed by atoms with E-state index in [1.54, 1.807) is 32.6 Å². The summed E-state index contributed by atoms with van der Waals surface area (Å²) in [5, 5.41) is 3.85. The number of benzene rings is 3. The van der Waals surface area contributed by atoms with Crippen LogP contribution in [-0.2, 0) is 11.2 Å². The number of carbonyl (C=O) groups is 2. The molecule has 5 rings (SSSR count). The van der Waals surface area contributed by atoms with Crippen molar-refractivity contribution in [2.24, 2.45) is 0 Å². The lowest BCUT2D eigenvalue weighted by atomic mass is 10.0. The van der Waals surface area contributed by atoms with Crippen molar-refractivity contribution in [3.63, 3.8) is 0 Å². The van der Waals surface area contributed by atoms with Crippen molar-refractivity contribution in [1.82, 2.24) is 25.1 Å². The summed E-state index contributed by atoms with van der Waals surface area (Å²) >= 11 is 0. The summed E-state index contributed by atoms with van der Waals surface area (Å²) in [4.78, 5) is 41.5. The van der Waals surface area contributed by atoms with E-state index >= 15 is 0 Å². The lowest BCUT2D eigenvalue weighted by Gasteiger charge is -2.33. The predicted molar refractivity (Wildman–Crippen MR) is 156 cm³/mol. The topological polar surface area (TPSA) is 90.9 Å². The van der Waals surface area contributed by atoms with E-state index in [9.17, 15) is 9.59 Å². The third-order valence-electron chi connectivity index (χ3n) is 7.04.